The average Bonchev–Trinajstić information content (AvgIpc) is 2.80. The normalized spacial score (nSPS) is 26.2. The van der Waals surface area contributed by atoms with Crippen molar-refractivity contribution in [3.8, 4) is 0 Å². The fourth-order valence-electron chi connectivity index (χ4n) is 3.55. The Labute approximate surface area is 108 Å². The molecule has 0 amide bonds. The van der Waals surface area contributed by atoms with E-state index in [-0.39, 0.29) is 11.5 Å². The predicted octanol–water partition coefficient (Wildman–Crippen LogP) is 4.09. The van der Waals surface area contributed by atoms with Gasteiger partial charge in [0.1, 0.15) is 11.3 Å². The third-order valence-corrected chi connectivity index (χ3v) is 4.92. The van der Waals surface area contributed by atoms with E-state index in [1.807, 2.05) is 18.2 Å². The molecule has 1 aliphatic rings. The highest BCUT2D eigenvalue weighted by Crippen LogP contribution is 2.57. The van der Waals surface area contributed by atoms with E-state index >= 15 is 0 Å². The summed E-state index contributed by atoms with van der Waals surface area (Å²) in [6.07, 6.45) is 2.67. The monoisotopic (exact) mass is 244 g/mol. The van der Waals surface area contributed by atoms with Crippen LogP contribution in [0.3, 0.4) is 0 Å². The average molecular weight is 244 g/mol. The molecule has 1 fully saturated rings. The Morgan fingerprint density at radius 3 is 2.61 bits per heavy atom. The first kappa shape index (κ1) is 11.8. The van der Waals surface area contributed by atoms with Crippen molar-refractivity contribution in [2.24, 2.45) is 5.41 Å². The molecule has 0 aliphatic heterocycles. The van der Waals surface area contributed by atoms with Crippen LogP contribution in [-0.2, 0) is 0 Å². The van der Waals surface area contributed by atoms with Gasteiger partial charge in [-0.05, 0) is 31.4 Å². The maximum Gasteiger partial charge on any atom is 0.134 e. The van der Waals surface area contributed by atoms with E-state index in [1.54, 1.807) is 0 Å². The first-order valence-electron chi connectivity index (χ1n) is 6.87. The summed E-state index contributed by atoms with van der Waals surface area (Å²) < 4.78 is 5.97. The van der Waals surface area contributed by atoms with Crippen LogP contribution in [0.5, 0.6) is 0 Å². The number of hydrogen-bond acceptors (Lipinski definition) is 2. The van der Waals surface area contributed by atoms with Gasteiger partial charge in [0.25, 0.3) is 0 Å². The molecule has 1 heterocycles. The van der Waals surface area contributed by atoms with Crippen LogP contribution in [0.15, 0.2) is 34.7 Å². The number of aliphatic hydroxyl groups excluding tert-OH is 1. The minimum atomic E-state index is -0.175. The Morgan fingerprint density at radius 1 is 1.28 bits per heavy atom. The summed E-state index contributed by atoms with van der Waals surface area (Å²) in [7, 11) is 0. The zero-order valence-corrected chi connectivity index (χ0v) is 11.0. The number of fused-ring (bicyclic) bond motifs is 1. The van der Waals surface area contributed by atoms with Gasteiger partial charge in [-0.1, -0.05) is 32.0 Å². The van der Waals surface area contributed by atoms with Crippen LogP contribution in [0.25, 0.3) is 11.0 Å². The van der Waals surface area contributed by atoms with Crippen molar-refractivity contribution < 1.29 is 9.52 Å². The SMILES string of the molecule is CCC1(CC)C(O)CC1c1cc2ccccc2o1. The molecule has 18 heavy (non-hydrogen) atoms. The molecule has 2 atom stereocenters. The van der Waals surface area contributed by atoms with Crippen LogP contribution >= 0.6 is 0 Å². The molecular formula is C16H20O2. The number of hydrogen-bond donors (Lipinski definition) is 1. The van der Waals surface area contributed by atoms with E-state index in [4.69, 9.17) is 4.42 Å². The van der Waals surface area contributed by atoms with Crippen LogP contribution in [0.1, 0.15) is 44.8 Å². The quantitative estimate of drug-likeness (QED) is 0.882. The van der Waals surface area contributed by atoms with Gasteiger partial charge in [0.05, 0.1) is 6.10 Å². The standard InChI is InChI=1S/C16H20O2/c1-3-16(4-2)12(10-15(16)17)14-9-11-7-5-6-8-13(11)18-14/h5-9,12,15,17H,3-4,10H2,1-2H3. The summed E-state index contributed by atoms with van der Waals surface area (Å²) in [5.41, 5.74) is 0.975. The molecule has 1 saturated carbocycles. The lowest BCUT2D eigenvalue weighted by molar-refractivity contribution is -0.0987. The molecule has 1 aliphatic carbocycles. The van der Waals surface area contributed by atoms with E-state index in [1.165, 1.54) is 0 Å². The first-order valence-corrected chi connectivity index (χ1v) is 6.87. The van der Waals surface area contributed by atoms with Gasteiger partial charge in [0.2, 0.25) is 0 Å². The van der Waals surface area contributed by atoms with E-state index in [2.05, 4.69) is 26.0 Å². The zero-order chi connectivity index (χ0) is 12.8. The smallest absolute Gasteiger partial charge is 0.134 e. The summed E-state index contributed by atoms with van der Waals surface area (Å²) in [6.45, 7) is 4.34. The van der Waals surface area contributed by atoms with Gasteiger partial charge in [-0.3, -0.25) is 0 Å². The molecule has 0 spiro atoms. The second kappa shape index (κ2) is 4.13. The molecule has 2 aromatic rings. The maximum absolute atomic E-state index is 10.1. The van der Waals surface area contributed by atoms with Gasteiger partial charge in [0, 0.05) is 16.7 Å². The summed E-state index contributed by atoms with van der Waals surface area (Å²) in [5, 5.41) is 11.3. The lowest BCUT2D eigenvalue weighted by Crippen LogP contribution is -2.50. The second-order valence-electron chi connectivity index (χ2n) is 5.43. The molecule has 1 N–H and O–H groups in total. The number of furan rings is 1. The third kappa shape index (κ3) is 1.45. The third-order valence-electron chi connectivity index (χ3n) is 4.92. The number of para-hydroxylation sites is 1. The van der Waals surface area contributed by atoms with E-state index in [0.717, 1.165) is 36.0 Å². The Balaban J connectivity index is 2.00. The van der Waals surface area contributed by atoms with Crippen molar-refractivity contribution in [3.05, 3.63) is 36.1 Å². The second-order valence-corrected chi connectivity index (χ2v) is 5.43. The highest BCUT2D eigenvalue weighted by atomic mass is 16.3. The Kier molecular flexibility index (Phi) is 2.70. The van der Waals surface area contributed by atoms with Crippen LogP contribution in [0.2, 0.25) is 0 Å². The molecule has 0 saturated heterocycles. The van der Waals surface area contributed by atoms with Gasteiger partial charge >= 0.3 is 0 Å². The van der Waals surface area contributed by atoms with Crippen LogP contribution in [0, 0.1) is 5.41 Å². The molecule has 2 nitrogen and oxygen atoms in total. The van der Waals surface area contributed by atoms with Gasteiger partial charge in [-0.15, -0.1) is 0 Å². The fourth-order valence-corrected chi connectivity index (χ4v) is 3.55. The zero-order valence-electron chi connectivity index (χ0n) is 11.0. The van der Waals surface area contributed by atoms with Crippen LogP contribution < -0.4 is 0 Å². The minimum absolute atomic E-state index is 0.0217. The minimum Gasteiger partial charge on any atom is -0.461 e. The maximum atomic E-state index is 10.1. The molecule has 2 heteroatoms. The van der Waals surface area contributed by atoms with Gasteiger partial charge < -0.3 is 9.52 Å². The van der Waals surface area contributed by atoms with Crippen molar-refractivity contribution in [3.63, 3.8) is 0 Å². The predicted molar refractivity (Wildman–Crippen MR) is 72.6 cm³/mol. The molecular weight excluding hydrogens is 224 g/mol. The largest absolute Gasteiger partial charge is 0.461 e. The Morgan fingerprint density at radius 2 is 2.00 bits per heavy atom. The van der Waals surface area contributed by atoms with Gasteiger partial charge in [-0.25, -0.2) is 0 Å². The molecule has 0 bridgehead atoms. The molecule has 1 aromatic carbocycles. The van der Waals surface area contributed by atoms with Crippen molar-refractivity contribution in [2.75, 3.05) is 0 Å². The van der Waals surface area contributed by atoms with Gasteiger partial charge in [-0.2, -0.15) is 0 Å². The van der Waals surface area contributed by atoms with E-state index < -0.39 is 0 Å². The van der Waals surface area contributed by atoms with Crippen molar-refractivity contribution >= 4 is 11.0 Å². The van der Waals surface area contributed by atoms with Crippen LogP contribution in [0.4, 0.5) is 0 Å². The van der Waals surface area contributed by atoms with E-state index in [9.17, 15) is 5.11 Å². The number of rotatable bonds is 3. The lowest BCUT2D eigenvalue weighted by Gasteiger charge is -2.52. The van der Waals surface area contributed by atoms with Crippen molar-refractivity contribution in [2.45, 2.75) is 45.1 Å². The summed E-state index contributed by atoms with van der Waals surface area (Å²) in [6, 6.07) is 10.3. The number of aliphatic hydroxyl groups is 1. The fraction of sp³-hybridized carbons (Fsp3) is 0.500. The topological polar surface area (TPSA) is 33.4 Å². The van der Waals surface area contributed by atoms with Crippen molar-refractivity contribution in [1.82, 2.24) is 0 Å². The highest BCUT2D eigenvalue weighted by Gasteiger charge is 2.53. The summed E-state index contributed by atoms with van der Waals surface area (Å²) >= 11 is 0. The Hall–Kier alpha value is -1.28. The number of benzene rings is 1. The molecule has 96 valence electrons. The van der Waals surface area contributed by atoms with Crippen molar-refractivity contribution in [1.29, 1.82) is 0 Å². The summed E-state index contributed by atoms with van der Waals surface area (Å²) in [5.74, 6) is 1.42. The molecule has 2 unspecified atom stereocenters. The summed E-state index contributed by atoms with van der Waals surface area (Å²) in [4.78, 5) is 0. The van der Waals surface area contributed by atoms with E-state index in [0.29, 0.717) is 5.92 Å². The first-order chi connectivity index (χ1) is 8.71. The molecule has 0 radical (unpaired) electrons. The molecule has 3 rings (SSSR count). The molecule has 1 aromatic heterocycles. The lowest BCUT2D eigenvalue weighted by atomic mass is 9.54. The Bertz CT molecular complexity index is 518. The highest BCUT2D eigenvalue weighted by molar-refractivity contribution is 5.77. The van der Waals surface area contributed by atoms with Crippen LogP contribution in [-0.4, -0.2) is 11.2 Å². The van der Waals surface area contributed by atoms with Gasteiger partial charge in [0.15, 0.2) is 0 Å².